The van der Waals surface area contributed by atoms with Crippen LogP contribution in [0.3, 0.4) is 0 Å². The minimum absolute atomic E-state index is 0.0106. The normalized spacial score (nSPS) is 17.3. The molecule has 1 aliphatic rings. The lowest BCUT2D eigenvalue weighted by Gasteiger charge is -2.13. The van der Waals surface area contributed by atoms with Crippen LogP contribution < -0.4 is 21.1 Å². The van der Waals surface area contributed by atoms with Crippen molar-refractivity contribution in [1.29, 1.82) is 0 Å². The van der Waals surface area contributed by atoms with Gasteiger partial charge in [-0.1, -0.05) is 0 Å². The van der Waals surface area contributed by atoms with Crippen LogP contribution in [0.2, 0.25) is 0 Å². The highest BCUT2D eigenvalue weighted by Gasteiger charge is 2.31. The van der Waals surface area contributed by atoms with E-state index in [-0.39, 0.29) is 22.2 Å². The number of nitrogen functional groups attached to an aromatic ring is 1. The van der Waals surface area contributed by atoms with Crippen molar-refractivity contribution in [2.24, 2.45) is 5.92 Å². The van der Waals surface area contributed by atoms with Crippen molar-refractivity contribution in [3.8, 4) is 0 Å². The third-order valence-corrected chi connectivity index (χ3v) is 6.54. The molecule has 32 heavy (non-hydrogen) atoms. The lowest BCUT2D eigenvalue weighted by molar-refractivity contribution is -0.137. The molecule has 2 amide bonds. The average Bonchev–Trinajstić information content (AvgIpc) is 3.13. The Balaban J connectivity index is 1.57. The summed E-state index contributed by atoms with van der Waals surface area (Å²) in [5, 5.41) is 4.83. The van der Waals surface area contributed by atoms with Gasteiger partial charge in [0.15, 0.2) is 0 Å². The number of halogens is 3. The van der Waals surface area contributed by atoms with Gasteiger partial charge < -0.3 is 21.3 Å². The van der Waals surface area contributed by atoms with Gasteiger partial charge in [0.05, 0.1) is 21.8 Å². The second-order valence-electron chi connectivity index (χ2n) is 7.67. The summed E-state index contributed by atoms with van der Waals surface area (Å²) in [4.78, 5) is 14.3. The molecule has 1 heterocycles. The molecule has 2 aromatic rings. The van der Waals surface area contributed by atoms with Gasteiger partial charge in [-0.25, -0.2) is 17.9 Å². The van der Waals surface area contributed by atoms with Gasteiger partial charge in [-0.2, -0.15) is 13.2 Å². The first-order chi connectivity index (χ1) is 14.9. The first-order valence-electron chi connectivity index (χ1n) is 9.77. The highest BCUT2D eigenvalue weighted by Crippen LogP contribution is 2.32. The summed E-state index contributed by atoms with van der Waals surface area (Å²) in [5.41, 5.74) is 4.73. The second kappa shape index (κ2) is 9.35. The van der Waals surface area contributed by atoms with E-state index in [1.165, 1.54) is 24.3 Å². The maximum absolute atomic E-state index is 12.7. The summed E-state index contributed by atoms with van der Waals surface area (Å²) in [7, 11) is -1.70. The topological polar surface area (TPSA) is 117 Å². The Hall–Kier alpha value is -2.83. The summed E-state index contributed by atoms with van der Waals surface area (Å²) in [6.07, 6.45) is -3.61. The van der Waals surface area contributed by atoms with E-state index in [0.717, 1.165) is 37.7 Å². The largest absolute Gasteiger partial charge is 0.416 e. The number of benzene rings is 2. The lowest BCUT2D eigenvalue weighted by atomic mass is 10.1. The van der Waals surface area contributed by atoms with Gasteiger partial charge >= 0.3 is 12.2 Å². The third-order valence-electron chi connectivity index (χ3n) is 5.10. The van der Waals surface area contributed by atoms with E-state index in [4.69, 9.17) is 5.73 Å². The molecule has 1 atom stereocenters. The van der Waals surface area contributed by atoms with Crippen LogP contribution in [-0.2, 0) is 16.2 Å². The summed E-state index contributed by atoms with van der Waals surface area (Å²) in [6, 6.07) is 7.38. The second-order valence-corrected chi connectivity index (χ2v) is 9.44. The molecule has 5 N–H and O–H groups in total. The molecule has 0 bridgehead atoms. The predicted octanol–water partition coefficient (Wildman–Crippen LogP) is 3.16. The van der Waals surface area contributed by atoms with E-state index < -0.39 is 27.8 Å². The van der Waals surface area contributed by atoms with Gasteiger partial charge in [0.1, 0.15) is 0 Å². The number of nitrogens with two attached hydrogens (primary N) is 1. The molecule has 1 fully saturated rings. The zero-order valence-electron chi connectivity index (χ0n) is 17.2. The molecule has 0 spiro atoms. The number of rotatable bonds is 6. The van der Waals surface area contributed by atoms with Gasteiger partial charge in [-0.15, -0.1) is 0 Å². The maximum atomic E-state index is 12.7. The SMILES string of the molecule is CN1CCC(CNS(=O)(=O)c2ccc(NC(=O)Nc3ccc(C(F)(F)F)cc3N)cc2)C1. The Labute approximate surface area is 184 Å². The molecule has 1 saturated heterocycles. The molecule has 2 aromatic carbocycles. The number of anilines is 3. The minimum atomic E-state index is -4.54. The monoisotopic (exact) mass is 471 g/mol. The Morgan fingerprint density at radius 3 is 2.41 bits per heavy atom. The zero-order valence-corrected chi connectivity index (χ0v) is 18.1. The Kier molecular flexibility index (Phi) is 6.96. The number of hydrogen-bond donors (Lipinski definition) is 4. The molecule has 0 aromatic heterocycles. The summed E-state index contributed by atoms with van der Waals surface area (Å²) in [5.74, 6) is 0.261. The number of carbonyl (C=O) groups excluding carboxylic acids is 1. The molecule has 174 valence electrons. The fourth-order valence-corrected chi connectivity index (χ4v) is 4.47. The van der Waals surface area contributed by atoms with Gasteiger partial charge in [0.2, 0.25) is 10.0 Å². The van der Waals surface area contributed by atoms with E-state index in [1.54, 1.807) is 0 Å². The summed E-state index contributed by atoms with van der Waals surface area (Å²) >= 11 is 0. The minimum Gasteiger partial charge on any atom is -0.397 e. The molecule has 0 aliphatic carbocycles. The van der Waals surface area contributed by atoms with Crippen LogP contribution in [0.25, 0.3) is 0 Å². The Morgan fingerprint density at radius 2 is 1.84 bits per heavy atom. The van der Waals surface area contributed by atoms with Crippen LogP contribution in [0.1, 0.15) is 12.0 Å². The fraction of sp³-hybridized carbons (Fsp3) is 0.350. The van der Waals surface area contributed by atoms with Crippen molar-refractivity contribution in [2.45, 2.75) is 17.5 Å². The Bertz CT molecular complexity index is 1070. The first-order valence-corrected chi connectivity index (χ1v) is 11.3. The molecule has 3 rings (SSSR count). The van der Waals surface area contributed by atoms with Crippen LogP contribution in [0.15, 0.2) is 47.4 Å². The molecule has 0 radical (unpaired) electrons. The quantitative estimate of drug-likeness (QED) is 0.483. The molecular weight excluding hydrogens is 447 g/mol. The third kappa shape index (κ3) is 6.11. The van der Waals surface area contributed by atoms with Crippen LogP contribution >= 0.6 is 0 Å². The number of alkyl halides is 3. The van der Waals surface area contributed by atoms with Crippen LogP contribution in [0.4, 0.5) is 35.0 Å². The number of urea groups is 1. The highest BCUT2D eigenvalue weighted by molar-refractivity contribution is 7.89. The van der Waals surface area contributed by atoms with E-state index in [2.05, 4.69) is 20.3 Å². The molecule has 1 aliphatic heterocycles. The van der Waals surface area contributed by atoms with Gasteiger partial charge in [-0.05, 0) is 68.4 Å². The molecule has 12 heteroatoms. The molecular formula is C20H24F3N5O3S. The van der Waals surface area contributed by atoms with Crippen LogP contribution in [0.5, 0.6) is 0 Å². The zero-order chi connectivity index (χ0) is 23.5. The van der Waals surface area contributed by atoms with Crippen molar-refractivity contribution in [3.63, 3.8) is 0 Å². The molecule has 0 saturated carbocycles. The average molecular weight is 472 g/mol. The van der Waals surface area contributed by atoms with Crippen LogP contribution in [-0.4, -0.2) is 46.0 Å². The van der Waals surface area contributed by atoms with E-state index in [1.807, 2.05) is 7.05 Å². The van der Waals surface area contributed by atoms with Crippen molar-refractivity contribution < 1.29 is 26.4 Å². The predicted molar refractivity (Wildman–Crippen MR) is 116 cm³/mol. The van der Waals surface area contributed by atoms with Gasteiger partial charge in [0, 0.05) is 18.8 Å². The standard InChI is InChI=1S/C20H24F3N5O3S/c1-28-9-8-13(12-28)11-25-32(30,31)16-5-3-15(4-6-16)26-19(29)27-18-7-2-14(10-17(18)24)20(21,22)23/h2-7,10,13,25H,8-9,11-12,24H2,1H3,(H2,26,27,29). The molecule has 8 nitrogen and oxygen atoms in total. The summed E-state index contributed by atoms with van der Waals surface area (Å²) in [6.45, 7) is 2.13. The highest BCUT2D eigenvalue weighted by atomic mass is 32.2. The van der Waals surface area contributed by atoms with Crippen molar-refractivity contribution in [3.05, 3.63) is 48.0 Å². The Morgan fingerprint density at radius 1 is 1.16 bits per heavy atom. The van der Waals surface area contributed by atoms with Gasteiger partial charge in [-0.3, -0.25) is 0 Å². The van der Waals surface area contributed by atoms with Crippen molar-refractivity contribution in [1.82, 2.24) is 9.62 Å². The van der Waals surface area contributed by atoms with Gasteiger partial charge in [0.25, 0.3) is 0 Å². The summed E-state index contributed by atoms with van der Waals surface area (Å²) < 4.78 is 65.6. The number of nitrogens with zero attached hydrogens (tertiary/aromatic N) is 1. The lowest BCUT2D eigenvalue weighted by Crippen LogP contribution is -2.30. The molecule has 1 unspecified atom stereocenters. The van der Waals surface area contributed by atoms with E-state index in [9.17, 15) is 26.4 Å². The number of sulfonamides is 1. The number of carbonyl (C=O) groups is 1. The first kappa shape index (κ1) is 23.8. The fourth-order valence-electron chi connectivity index (χ4n) is 3.36. The van der Waals surface area contributed by atoms with E-state index in [0.29, 0.717) is 12.2 Å². The maximum Gasteiger partial charge on any atom is 0.416 e. The number of hydrogen-bond acceptors (Lipinski definition) is 5. The van der Waals surface area contributed by atoms with Crippen molar-refractivity contribution in [2.75, 3.05) is 43.0 Å². The number of nitrogens with one attached hydrogen (secondary N) is 3. The number of likely N-dealkylation sites (tertiary alicyclic amines) is 1. The van der Waals surface area contributed by atoms with Crippen LogP contribution in [0, 0.1) is 5.92 Å². The smallest absolute Gasteiger partial charge is 0.397 e. The van der Waals surface area contributed by atoms with E-state index >= 15 is 0 Å². The van der Waals surface area contributed by atoms with Crippen molar-refractivity contribution >= 4 is 33.1 Å². The number of amides is 2.